The first-order valence-electron chi connectivity index (χ1n) is 5.88. The molecule has 0 spiro atoms. The number of benzene rings is 1. The highest BCUT2D eigenvalue weighted by Crippen LogP contribution is 2.34. The van der Waals surface area contributed by atoms with Crippen molar-refractivity contribution in [3.63, 3.8) is 0 Å². The van der Waals surface area contributed by atoms with Crippen molar-refractivity contribution in [2.75, 3.05) is 5.01 Å². The van der Waals surface area contributed by atoms with E-state index in [0.717, 1.165) is 6.07 Å². The molecule has 0 aliphatic heterocycles. The van der Waals surface area contributed by atoms with E-state index in [0.29, 0.717) is 0 Å². The molecule has 0 unspecified atom stereocenters. The molecule has 0 atom stereocenters. The van der Waals surface area contributed by atoms with E-state index in [-0.39, 0.29) is 39.0 Å². The van der Waals surface area contributed by atoms with Gasteiger partial charge >= 0.3 is 11.8 Å². The van der Waals surface area contributed by atoms with Gasteiger partial charge in [-0.25, -0.2) is 15.6 Å². The molecule has 1 aromatic heterocycles. The van der Waals surface area contributed by atoms with Crippen molar-refractivity contribution in [1.29, 1.82) is 0 Å². The third-order valence-electron chi connectivity index (χ3n) is 2.94. The fraction of sp³-hybridized carbons (Fsp3) is 0.182. The van der Waals surface area contributed by atoms with Crippen LogP contribution in [-0.4, -0.2) is 26.1 Å². The number of carbonyl (C=O) groups is 1. The van der Waals surface area contributed by atoms with E-state index >= 15 is 0 Å². The smallest absolute Gasteiger partial charge is 0.427 e. The molecular weight excluding hydrogens is 321 g/mol. The van der Waals surface area contributed by atoms with Crippen LogP contribution in [0.4, 0.5) is 20.7 Å². The Labute approximate surface area is 127 Å². The molecule has 1 amide bonds. The van der Waals surface area contributed by atoms with Crippen LogP contribution in [0.5, 0.6) is 0 Å². The highest BCUT2D eigenvalue weighted by Gasteiger charge is 2.26. The van der Waals surface area contributed by atoms with Gasteiger partial charge in [0, 0.05) is 11.6 Å². The third kappa shape index (κ3) is 2.49. The number of nitro groups is 1. The Morgan fingerprint density at radius 2 is 2.23 bits per heavy atom. The molecule has 0 aliphatic carbocycles. The second kappa shape index (κ2) is 5.66. The summed E-state index contributed by atoms with van der Waals surface area (Å²) in [6.45, 7) is 1.54. The number of amides is 1. The van der Waals surface area contributed by atoms with Gasteiger partial charge < -0.3 is 5.11 Å². The summed E-state index contributed by atoms with van der Waals surface area (Å²) < 4.78 is 14.3. The fourth-order valence-electron chi connectivity index (χ4n) is 2.02. The maximum absolute atomic E-state index is 14.3. The van der Waals surface area contributed by atoms with Crippen molar-refractivity contribution in [3.8, 4) is 0 Å². The van der Waals surface area contributed by atoms with Gasteiger partial charge in [0.25, 0.3) is 0 Å². The standard InChI is InChI=1S/C11H9ClFN5O4/c1-2-4-7-5(3-6(8(4)13)18(21)22)15-10(12)16-9(7)17(14)11(19)20/h3H,2,14H2,1H3,(H,19,20). The number of halogens is 2. The zero-order valence-electron chi connectivity index (χ0n) is 11.1. The van der Waals surface area contributed by atoms with E-state index in [9.17, 15) is 19.3 Å². The number of nitrogens with two attached hydrogens (primary N) is 1. The topological polar surface area (TPSA) is 135 Å². The molecular formula is C11H9ClFN5O4. The van der Waals surface area contributed by atoms with Crippen LogP contribution in [0.3, 0.4) is 0 Å². The van der Waals surface area contributed by atoms with Crippen LogP contribution in [0.15, 0.2) is 6.07 Å². The molecule has 0 saturated heterocycles. The predicted molar refractivity (Wildman–Crippen MR) is 75.2 cm³/mol. The van der Waals surface area contributed by atoms with Crippen LogP contribution in [0.1, 0.15) is 12.5 Å². The van der Waals surface area contributed by atoms with Gasteiger partial charge in [0.2, 0.25) is 11.1 Å². The minimum atomic E-state index is -1.56. The molecule has 11 heteroatoms. The second-order valence-electron chi connectivity index (χ2n) is 4.16. The quantitative estimate of drug-likeness (QED) is 0.290. The number of hydrogen-bond donors (Lipinski definition) is 2. The van der Waals surface area contributed by atoms with Gasteiger partial charge in [-0.15, -0.1) is 0 Å². The Balaban J connectivity index is 2.97. The summed E-state index contributed by atoms with van der Waals surface area (Å²) in [6.07, 6.45) is -1.52. The first-order valence-corrected chi connectivity index (χ1v) is 6.26. The number of hydrazine groups is 1. The molecule has 116 valence electrons. The fourth-order valence-corrected chi connectivity index (χ4v) is 2.19. The minimum absolute atomic E-state index is 0.0372. The molecule has 1 heterocycles. The van der Waals surface area contributed by atoms with E-state index in [2.05, 4.69) is 9.97 Å². The Morgan fingerprint density at radius 1 is 1.59 bits per heavy atom. The van der Waals surface area contributed by atoms with E-state index in [1.54, 1.807) is 6.92 Å². The van der Waals surface area contributed by atoms with Crippen LogP contribution >= 0.6 is 11.6 Å². The molecule has 2 aromatic rings. The van der Waals surface area contributed by atoms with Crippen molar-refractivity contribution in [1.82, 2.24) is 9.97 Å². The van der Waals surface area contributed by atoms with E-state index in [4.69, 9.17) is 22.6 Å². The molecule has 3 N–H and O–H groups in total. The number of nitrogens with zero attached hydrogens (tertiary/aromatic N) is 4. The maximum Gasteiger partial charge on any atom is 0.427 e. The maximum atomic E-state index is 14.3. The summed E-state index contributed by atoms with van der Waals surface area (Å²) in [7, 11) is 0. The minimum Gasteiger partial charge on any atom is -0.464 e. The highest BCUT2D eigenvalue weighted by molar-refractivity contribution is 6.29. The largest absolute Gasteiger partial charge is 0.464 e. The van der Waals surface area contributed by atoms with E-state index in [1.807, 2.05) is 0 Å². The summed E-state index contributed by atoms with van der Waals surface area (Å²) in [5, 5.41) is 19.7. The normalized spacial score (nSPS) is 10.7. The lowest BCUT2D eigenvalue weighted by Crippen LogP contribution is -2.37. The van der Waals surface area contributed by atoms with Crippen molar-refractivity contribution in [2.45, 2.75) is 13.3 Å². The Morgan fingerprint density at radius 3 is 2.73 bits per heavy atom. The monoisotopic (exact) mass is 329 g/mol. The molecule has 0 fully saturated rings. The molecule has 0 saturated carbocycles. The van der Waals surface area contributed by atoms with Crippen LogP contribution < -0.4 is 10.9 Å². The molecule has 0 aliphatic rings. The summed E-state index contributed by atoms with van der Waals surface area (Å²) in [5.74, 6) is 3.93. The second-order valence-corrected chi connectivity index (χ2v) is 4.50. The Kier molecular flexibility index (Phi) is 4.06. The van der Waals surface area contributed by atoms with Gasteiger partial charge in [-0.1, -0.05) is 6.92 Å². The lowest BCUT2D eigenvalue weighted by molar-refractivity contribution is -0.387. The molecule has 2 rings (SSSR count). The summed E-state index contributed by atoms with van der Waals surface area (Å²) in [4.78, 5) is 28.5. The third-order valence-corrected chi connectivity index (χ3v) is 3.11. The van der Waals surface area contributed by atoms with Gasteiger partial charge in [0.1, 0.15) is 0 Å². The lowest BCUT2D eigenvalue weighted by Gasteiger charge is -2.16. The van der Waals surface area contributed by atoms with Crippen LogP contribution in [-0.2, 0) is 6.42 Å². The first-order chi connectivity index (χ1) is 10.3. The average Bonchev–Trinajstić information content (AvgIpc) is 2.45. The number of nitro benzene ring substituents is 1. The predicted octanol–water partition coefficient (Wildman–Crippen LogP) is 2.25. The summed E-state index contributed by atoms with van der Waals surface area (Å²) >= 11 is 5.68. The Hall–Kier alpha value is -2.59. The number of hydrogen-bond acceptors (Lipinski definition) is 6. The van der Waals surface area contributed by atoms with Gasteiger partial charge in [-0.05, 0) is 18.0 Å². The van der Waals surface area contributed by atoms with Crippen LogP contribution in [0.2, 0.25) is 5.28 Å². The number of rotatable bonds is 3. The molecule has 1 aromatic carbocycles. The highest BCUT2D eigenvalue weighted by atomic mass is 35.5. The van der Waals surface area contributed by atoms with Crippen molar-refractivity contribution in [3.05, 3.63) is 32.8 Å². The number of anilines is 1. The summed E-state index contributed by atoms with van der Waals surface area (Å²) in [6, 6.07) is 0.858. The zero-order valence-corrected chi connectivity index (χ0v) is 11.8. The Bertz CT molecular complexity index is 800. The van der Waals surface area contributed by atoms with Crippen LogP contribution in [0.25, 0.3) is 10.9 Å². The van der Waals surface area contributed by atoms with Gasteiger partial charge in [-0.2, -0.15) is 14.4 Å². The number of aryl methyl sites for hydroxylation is 1. The zero-order chi connectivity index (χ0) is 16.6. The van der Waals surface area contributed by atoms with E-state index in [1.165, 1.54) is 0 Å². The van der Waals surface area contributed by atoms with Gasteiger partial charge in [0.05, 0.1) is 15.8 Å². The molecule has 22 heavy (non-hydrogen) atoms. The number of fused-ring (bicyclic) bond motifs is 1. The molecule has 0 radical (unpaired) electrons. The first kappa shape index (κ1) is 15.8. The number of aromatic nitrogens is 2. The van der Waals surface area contributed by atoms with Crippen molar-refractivity contribution < 1.29 is 19.2 Å². The SMILES string of the molecule is CCc1c(F)c([N+](=O)[O-])cc2nc(Cl)nc(N(N)C(=O)O)c12. The average molecular weight is 330 g/mol. The van der Waals surface area contributed by atoms with Gasteiger partial charge in [-0.3, -0.25) is 10.1 Å². The summed E-state index contributed by atoms with van der Waals surface area (Å²) in [5.41, 5.74) is -0.979. The van der Waals surface area contributed by atoms with Crippen molar-refractivity contribution >= 4 is 40.1 Å². The van der Waals surface area contributed by atoms with E-state index < -0.39 is 22.5 Å². The lowest BCUT2D eigenvalue weighted by atomic mass is 10.0. The molecule has 9 nitrogen and oxygen atoms in total. The van der Waals surface area contributed by atoms with Gasteiger partial charge in [0.15, 0.2) is 5.82 Å². The molecule has 0 bridgehead atoms. The number of carboxylic acid groups (broad SMARTS) is 1. The van der Waals surface area contributed by atoms with Crippen LogP contribution in [0, 0.1) is 15.9 Å². The van der Waals surface area contributed by atoms with Crippen molar-refractivity contribution in [2.24, 2.45) is 5.84 Å².